The lowest BCUT2D eigenvalue weighted by atomic mass is 10.0. The minimum atomic E-state index is 0.562. The largest absolute Gasteiger partial charge is 0.331 e. The zero-order valence-electron chi connectivity index (χ0n) is 10.1. The van der Waals surface area contributed by atoms with Crippen LogP contribution in [0.3, 0.4) is 0 Å². The van der Waals surface area contributed by atoms with Crippen molar-refractivity contribution in [2.24, 2.45) is 11.3 Å². The van der Waals surface area contributed by atoms with E-state index in [1.807, 2.05) is 12.1 Å². The van der Waals surface area contributed by atoms with Crippen LogP contribution in [0.5, 0.6) is 0 Å². The number of rotatable bonds is 3. The highest BCUT2D eigenvalue weighted by Crippen LogP contribution is 2.62. The zero-order valence-corrected chi connectivity index (χ0v) is 11.7. The molecule has 2 nitrogen and oxygen atoms in total. The van der Waals surface area contributed by atoms with Gasteiger partial charge in [-0.15, -0.1) is 0 Å². The number of aromatic amines is 1. The molecule has 0 saturated heterocycles. The maximum absolute atomic E-state index is 6.02. The molecule has 0 bridgehead atoms. The van der Waals surface area contributed by atoms with E-state index >= 15 is 0 Å². The number of nitrogens with one attached hydrogen (secondary N) is 1. The lowest BCUT2D eigenvalue weighted by Gasteiger charge is -2.15. The van der Waals surface area contributed by atoms with Crippen molar-refractivity contribution in [2.75, 3.05) is 0 Å². The SMILES string of the molecule is S=c1[nH]c2cc(Cl)ccc2n1CC1(C2CC2)CC1. The number of benzene rings is 1. The molecule has 0 aliphatic heterocycles. The van der Waals surface area contributed by atoms with E-state index in [9.17, 15) is 0 Å². The van der Waals surface area contributed by atoms with Crippen LogP contribution in [0.15, 0.2) is 18.2 Å². The fourth-order valence-corrected chi connectivity index (χ4v) is 3.60. The Labute approximate surface area is 116 Å². The predicted molar refractivity (Wildman–Crippen MR) is 76.5 cm³/mol. The lowest BCUT2D eigenvalue weighted by Crippen LogP contribution is -2.13. The number of aromatic nitrogens is 2. The summed E-state index contributed by atoms with van der Waals surface area (Å²) in [7, 11) is 0. The summed E-state index contributed by atoms with van der Waals surface area (Å²) in [6, 6.07) is 5.98. The molecule has 0 unspecified atom stereocenters. The number of nitrogens with zero attached hydrogens (tertiary/aromatic N) is 1. The number of halogens is 1. The van der Waals surface area contributed by atoms with Crippen LogP contribution in [0.1, 0.15) is 25.7 Å². The standard InChI is InChI=1S/C14H15ClN2S/c15-10-3-4-12-11(7-10)16-13(18)17(12)8-14(5-6-14)9-1-2-9/h3-4,7,9H,1-2,5-6,8H2,(H,16,18). The van der Waals surface area contributed by atoms with Crippen LogP contribution in [0, 0.1) is 16.1 Å². The monoisotopic (exact) mass is 278 g/mol. The van der Waals surface area contributed by atoms with E-state index in [1.165, 1.54) is 31.2 Å². The summed E-state index contributed by atoms with van der Waals surface area (Å²) >= 11 is 11.5. The third-order valence-corrected chi connectivity index (χ3v) is 5.10. The molecule has 1 N–H and O–H groups in total. The van der Waals surface area contributed by atoms with Crippen molar-refractivity contribution in [1.29, 1.82) is 0 Å². The van der Waals surface area contributed by atoms with Crippen molar-refractivity contribution in [3.63, 3.8) is 0 Å². The molecule has 2 fully saturated rings. The third-order valence-electron chi connectivity index (χ3n) is 4.54. The number of H-pyrrole nitrogens is 1. The van der Waals surface area contributed by atoms with Gasteiger partial charge in [0.1, 0.15) is 0 Å². The number of hydrogen-bond donors (Lipinski definition) is 1. The summed E-state index contributed by atoms with van der Waals surface area (Å²) in [5.41, 5.74) is 2.81. The average Bonchev–Trinajstić information content (AvgIpc) is 3.20. The first-order valence-electron chi connectivity index (χ1n) is 6.56. The molecule has 2 aliphatic rings. The van der Waals surface area contributed by atoms with E-state index in [1.54, 1.807) is 0 Å². The fraction of sp³-hybridized carbons (Fsp3) is 0.500. The van der Waals surface area contributed by atoms with Gasteiger partial charge in [0.05, 0.1) is 11.0 Å². The van der Waals surface area contributed by atoms with E-state index in [0.29, 0.717) is 5.41 Å². The van der Waals surface area contributed by atoms with Gasteiger partial charge in [-0.05, 0) is 67.4 Å². The molecular formula is C14H15ClN2S. The van der Waals surface area contributed by atoms with Crippen LogP contribution in [0.2, 0.25) is 5.02 Å². The van der Waals surface area contributed by atoms with Gasteiger partial charge in [-0.3, -0.25) is 0 Å². The van der Waals surface area contributed by atoms with Crippen molar-refractivity contribution >= 4 is 34.9 Å². The molecule has 94 valence electrons. The van der Waals surface area contributed by atoms with Crippen LogP contribution < -0.4 is 0 Å². The lowest BCUT2D eigenvalue weighted by molar-refractivity contribution is 0.373. The van der Waals surface area contributed by atoms with E-state index in [4.69, 9.17) is 23.8 Å². The van der Waals surface area contributed by atoms with Gasteiger partial charge in [0.25, 0.3) is 0 Å². The van der Waals surface area contributed by atoms with E-state index in [0.717, 1.165) is 27.8 Å². The summed E-state index contributed by atoms with van der Waals surface area (Å²) in [6.07, 6.45) is 5.59. The highest BCUT2D eigenvalue weighted by atomic mass is 35.5. The molecule has 0 radical (unpaired) electrons. The maximum atomic E-state index is 6.02. The molecule has 0 spiro atoms. The Morgan fingerprint density at radius 1 is 1.39 bits per heavy atom. The van der Waals surface area contributed by atoms with Crippen molar-refractivity contribution < 1.29 is 0 Å². The minimum absolute atomic E-state index is 0.562. The van der Waals surface area contributed by atoms with Crippen LogP contribution in [0.25, 0.3) is 11.0 Å². The Hall–Kier alpha value is -0.800. The second-order valence-electron chi connectivity index (χ2n) is 5.81. The summed E-state index contributed by atoms with van der Waals surface area (Å²) in [4.78, 5) is 3.27. The van der Waals surface area contributed by atoms with Crippen LogP contribution in [-0.2, 0) is 6.54 Å². The second kappa shape index (κ2) is 3.61. The van der Waals surface area contributed by atoms with Crippen molar-refractivity contribution in [1.82, 2.24) is 9.55 Å². The Balaban J connectivity index is 1.80. The van der Waals surface area contributed by atoms with Crippen LogP contribution in [-0.4, -0.2) is 9.55 Å². The first-order valence-corrected chi connectivity index (χ1v) is 7.35. The van der Waals surface area contributed by atoms with Gasteiger partial charge in [0.15, 0.2) is 4.77 Å². The van der Waals surface area contributed by atoms with Gasteiger partial charge >= 0.3 is 0 Å². The zero-order chi connectivity index (χ0) is 12.3. The minimum Gasteiger partial charge on any atom is -0.331 e. The summed E-state index contributed by atoms with van der Waals surface area (Å²) < 4.78 is 3.10. The molecule has 2 aromatic rings. The number of hydrogen-bond acceptors (Lipinski definition) is 1. The normalized spacial score (nSPS) is 21.4. The van der Waals surface area contributed by atoms with Crippen molar-refractivity contribution in [3.8, 4) is 0 Å². The molecule has 1 aromatic carbocycles. The highest BCUT2D eigenvalue weighted by Gasteiger charge is 2.53. The van der Waals surface area contributed by atoms with Gasteiger partial charge < -0.3 is 9.55 Å². The first-order chi connectivity index (χ1) is 8.68. The Morgan fingerprint density at radius 2 is 2.17 bits per heavy atom. The average molecular weight is 279 g/mol. The molecule has 0 amide bonds. The fourth-order valence-electron chi connectivity index (χ4n) is 3.16. The van der Waals surface area contributed by atoms with Crippen LogP contribution in [0.4, 0.5) is 0 Å². The quantitative estimate of drug-likeness (QED) is 0.818. The van der Waals surface area contributed by atoms with Crippen LogP contribution >= 0.6 is 23.8 Å². The maximum Gasteiger partial charge on any atom is 0.178 e. The first kappa shape index (κ1) is 11.1. The van der Waals surface area contributed by atoms with Crippen molar-refractivity contribution in [2.45, 2.75) is 32.2 Å². The Morgan fingerprint density at radius 3 is 2.83 bits per heavy atom. The van der Waals surface area contributed by atoms with E-state index in [-0.39, 0.29) is 0 Å². The van der Waals surface area contributed by atoms with E-state index in [2.05, 4.69) is 15.6 Å². The molecule has 4 rings (SSSR count). The molecule has 1 heterocycles. The molecule has 4 heteroatoms. The predicted octanol–water partition coefficient (Wildman–Crippen LogP) is 4.54. The second-order valence-corrected chi connectivity index (χ2v) is 6.64. The van der Waals surface area contributed by atoms with Crippen molar-refractivity contribution in [3.05, 3.63) is 28.0 Å². The van der Waals surface area contributed by atoms with E-state index < -0.39 is 0 Å². The highest BCUT2D eigenvalue weighted by molar-refractivity contribution is 7.71. The smallest absolute Gasteiger partial charge is 0.178 e. The molecule has 18 heavy (non-hydrogen) atoms. The summed E-state index contributed by atoms with van der Waals surface area (Å²) in [5.74, 6) is 0.955. The summed E-state index contributed by atoms with van der Waals surface area (Å²) in [5, 5.41) is 0.759. The van der Waals surface area contributed by atoms with Gasteiger partial charge in [0.2, 0.25) is 0 Å². The Kier molecular flexibility index (Phi) is 2.22. The molecule has 2 aliphatic carbocycles. The van der Waals surface area contributed by atoms with Gasteiger partial charge in [0, 0.05) is 11.6 Å². The molecular weight excluding hydrogens is 264 g/mol. The number of imidazole rings is 1. The van der Waals surface area contributed by atoms with Gasteiger partial charge in [-0.25, -0.2) is 0 Å². The molecule has 2 saturated carbocycles. The molecule has 1 aromatic heterocycles. The number of fused-ring (bicyclic) bond motifs is 1. The molecule has 0 atom stereocenters. The van der Waals surface area contributed by atoms with Gasteiger partial charge in [-0.1, -0.05) is 11.6 Å². The Bertz CT molecular complexity index is 677. The third kappa shape index (κ3) is 1.64. The summed E-state index contributed by atoms with van der Waals surface area (Å²) in [6.45, 7) is 1.08. The topological polar surface area (TPSA) is 20.7 Å². The van der Waals surface area contributed by atoms with Gasteiger partial charge in [-0.2, -0.15) is 0 Å².